The second-order valence-electron chi connectivity index (χ2n) is 4.61. The molecule has 5 heteroatoms. The molecule has 0 fully saturated rings. The highest BCUT2D eigenvalue weighted by Crippen LogP contribution is 2.21. The van der Waals surface area contributed by atoms with Crippen molar-refractivity contribution in [3.8, 4) is 0 Å². The van der Waals surface area contributed by atoms with Gasteiger partial charge in [-0.1, -0.05) is 48.9 Å². The fourth-order valence-electron chi connectivity index (χ4n) is 1.88. The number of halogens is 1. The molecule has 0 radical (unpaired) electrons. The summed E-state index contributed by atoms with van der Waals surface area (Å²) in [6.45, 7) is 5.72. The zero-order chi connectivity index (χ0) is 14.4. The smallest absolute Gasteiger partial charge is 0.224 e. The van der Waals surface area contributed by atoms with Crippen molar-refractivity contribution < 1.29 is 0 Å². The zero-order valence-electron chi connectivity index (χ0n) is 11.7. The first-order valence-corrected chi connectivity index (χ1v) is 7.13. The third-order valence-corrected chi connectivity index (χ3v) is 3.30. The molecule has 0 spiro atoms. The SMILES string of the molecule is CCNc1ncc(Cl)c(NCC(C)c2ccccc2)n1. The van der Waals surface area contributed by atoms with Gasteiger partial charge in [0.1, 0.15) is 5.02 Å². The van der Waals surface area contributed by atoms with E-state index in [0.717, 1.165) is 13.1 Å². The van der Waals surface area contributed by atoms with E-state index >= 15 is 0 Å². The predicted octanol–water partition coefficient (Wildman–Crippen LogP) is 3.78. The average molecular weight is 291 g/mol. The Bertz CT molecular complexity index is 545. The van der Waals surface area contributed by atoms with Gasteiger partial charge in [0.25, 0.3) is 0 Å². The molecule has 2 rings (SSSR count). The number of anilines is 2. The van der Waals surface area contributed by atoms with Crippen LogP contribution < -0.4 is 10.6 Å². The van der Waals surface area contributed by atoms with Crippen LogP contribution in [0.1, 0.15) is 25.3 Å². The maximum Gasteiger partial charge on any atom is 0.224 e. The van der Waals surface area contributed by atoms with Crippen LogP contribution in [-0.4, -0.2) is 23.1 Å². The second kappa shape index (κ2) is 7.10. The molecule has 1 heterocycles. The minimum Gasteiger partial charge on any atom is -0.368 e. The third-order valence-electron chi connectivity index (χ3n) is 3.02. The monoisotopic (exact) mass is 290 g/mol. The van der Waals surface area contributed by atoms with Gasteiger partial charge in [0.15, 0.2) is 5.82 Å². The minimum absolute atomic E-state index is 0.379. The van der Waals surface area contributed by atoms with Crippen molar-refractivity contribution in [1.82, 2.24) is 9.97 Å². The van der Waals surface area contributed by atoms with Gasteiger partial charge in [-0.15, -0.1) is 0 Å². The lowest BCUT2D eigenvalue weighted by Gasteiger charge is -2.14. The Kier molecular flexibility index (Phi) is 5.18. The molecule has 0 aliphatic carbocycles. The van der Waals surface area contributed by atoms with E-state index in [1.54, 1.807) is 6.20 Å². The predicted molar refractivity (Wildman–Crippen MR) is 84.6 cm³/mol. The molecule has 20 heavy (non-hydrogen) atoms. The second-order valence-corrected chi connectivity index (χ2v) is 5.02. The van der Waals surface area contributed by atoms with E-state index in [-0.39, 0.29) is 0 Å². The van der Waals surface area contributed by atoms with E-state index in [0.29, 0.717) is 22.7 Å². The van der Waals surface area contributed by atoms with Crippen molar-refractivity contribution in [3.05, 3.63) is 47.1 Å². The van der Waals surface area contributed by atoms with Crippen LogP contribution in [0.4, 0.5) is 11.8 Å². The van der Waals surface area contributed by atoms with Crippen molar-refractivity contribution in [1.29, 1.82) is 0 Å². The Morgan fingerprint density at radius 2 is 1.95 bits per heavy atom. The van der Waals surface area contributed by atoms with Crippen molar-refractivity contribution >= 4 is 23.4 Å². The zero-order valence-corrected chi connectivity index (χ0v) is 12.5. The molecule has 4 nitrogen and oxygen atoms in total. The summed E-state index contributed by atoms with van der Waals surface area (Å²) in [5, 5.41) is 6.89. The van der Waals surface area contributed by atoms with Gasteiger partial charge in [0, 0.05) is 13.1 Å². The number of nitrogens with zero attached hydrogens (tertiary/aromatic N) is 2. The highest BCUT2D eigenvalue weighted by Gasteiger charge is 2.08. The third kappa shape index (κ3) is 3.84. The summed E-state index contributed by atoms with van der Waals surface area (Å²) < 4.78 is 0. The van der Waals surface area contributed by atoms with Crippen molar-refractivity contribution in [3.63, 3.8) is 0 Å². The molecule has 1 aromatic carbocycles. The van der Waals surface area contributed by atoms with E-state index in [1.165, 1.54) is 5.56 Å². The molecule has 0 bridgehead atoms. The lowest BCUT2D eigenvalue weighted by molar-refractivity contribution is 0.801. The maximum atomic E-state index is 6.11. The molecular formula is C15H19ClN4. The Labute approximate surface area is 124 Å². The largest absolute Gasteiger partial charge is 0.368 e. The number of hydrogen-bond donors (Lipinski definition) is 2. The number of aromatic nitrogens is 2. The van der Waals surface area contributed by atoms with Crippen molar-refractivity contribution in [2.45, 2.75) is 19.8 Å². The molecule has 0 aliphatic heterocycles. The molecule has 106 valence electrons. The van der Waals surface area contributed by atoms with Gasteiger partial charge in [0.05, 0.1) is 6.20 Å². The minimum atomic E-state index is 0.379. The Morgan fingerprint density at radius 3 is 2.65 bits per heavy atom. The van der Waals surface area contributed by atoms with E-state index < -0.39 is 0 Å². The van der Waals surface area contributed by atoms with Crippen LogP contribution >= 0.6 is 11.6 Å². The summed E-state index contributed by atoms with van der Waals surface area (Å²) in [4.78, 5) is 8.48. The normalized spacial score (nSPS) is 11.9. The van der Waals surface area contributed by atoms with Gasteiger partial charge in [-0.25, -0.2) is 4.98 Å². The standard InChI is InChI=1S/C15H19ClN4/c1-3-17-15-19-10-13(16)14(20-15)18-9-11(2)12-7-5-4-6-8-12/h4-8,10-11H,3,9H2,1-2H3,(H2,17,18,19,20). The summed E-state index contributed by atoms with van der Waals surface area (Å²) in [5.41, 5.74) is 1.29. The number of hydrogen-bond acceptors (Lipinski definition) is 4. The first kappa shape index (κ1) is 14.6. The maximum absolute atomic E-state index is 6.11. The molecular weight excluding hydrogens is 272 g/mol. The summed E-state index contributed by atoms with van der Waals surface area (Å²) >= 11 is 6.11. The van der Waals surface area contributed by atoms with Crippen molar-refractivity contribution in [2.75, 3.05) is 23.7 Å². The topological polar surface area (TPSA) is 49.8 Å². The van der Waals surface area contributed by atoms with Crippen LogP contribution in [0.5, 0.6) is 0 Å². The molecule has 0 aliphatic rings. The summed E-state index contributed by atoms with van der Waals surface area (Å²) in [5.74, 6) is 1.64. The molecule has 1 aromatic heterocycles. The van der Waals surface area contributed by atoms with Gasteiger partial charge in [-0.2, -0.15) is 4.98 Å². The lowest BCUT2D eigenvalue weighted by Crippen LogP contribution is -2.12. The van der Waals surface area contributed by atoms with Crippen LogP contribution in [0.3, 0.4) is 0 Å². The van der Waals surface area contributed by atoms with Gasteiger partial charge in [-0.3, -0.25) is 0 Å². The van der Waals surface area contributed by atoms with Gasteiger partial charge in [-0.05, 0) is 18.4 Å². The van der Waals surface area contributed by atoms with Gasteiger partial charge in [0.2, 0.25) is 5.95 Å². The van der Waals surface area contributed by atoms with Gasteiger partial charge < -0.3 is 10.6 Å². The molecule has 0 saturated heterocycles. The fourth-order valence-corrected chi connectivity index (χ4v) is 2.04. The molecule has 1 atom stereocenters. The molecule has 2 N–H and O–H groups in total. The highest BCUT2D eigenvalue weighted by molar-refractivity contribution is 6.32. The first-order valence-electron chi connectivity index (χ1n) is 6.76. The fraction of sp³-hybridized carbons (Fsp3) is 0.333. The molecule has 0 saturated carbocycles. The Morgan fingerprint density at radius 1 is 1.20 bits per heavy atom. The van der Waals surface area contributed by atoms with E-state index in [9.17, 15) is 0 Å². The summed E-state index contributed by atoms with van der Waals surface area (Å²) in [6.07, 6.45) is 1.61. The summed E-state index contributed by atoms with van der Waals surface area (Å²) in [7, 11) is 0. The molecule has 0 amide bonds. The molecule has 2 aromatic rings. The van der Waals surface area contributed by atoms with E-state index in [1.807, 2.05) is 25.1 Å². The Balaban J connectivity index is 2.01. The average Bonchev–Trinajstić information content (AvgIpc) is 2.48. The van der Waals surface area contributed by atoms with E-state index in [2.05, 4.69) is 39.7 Å². The van der Waals surface area contributed by atoms with Crippen LogP contribution in [0.25, 0.3) is 0 Å². The van der Waals surface area contributed by atoms with Crippen LogP contribution in [0.15, 0.2) is 36.5 Å². The van der Waals surface area contributed by atoms with E-state index in [4.69, 9.17) is 11.6 Å². The summed E-state index contributed by atoms with van der Waals surface area (Å²) in [6, 6.07) is 10.4. The lowest BCUT2D eigenvalue weighted by atomic mass is 10.0. The molecule has 1 unspecified atom stereocenters. The Hall–Kier alpha value is -1.81. The van der Waals surface area contributed by atoms with Crippen molar-refractivity contribution in [2.24, 2.45) is 0 Å². The number of rotatable bonds is 6. The quantitative estimate of drug-likeness (QED) is 0.850. The number of benzene rings is 1. The highest BCUT2D eigenvalue weighted by atomic mass is 35.5. The first-order chi connectivity index (χ1) is 9.70. The number of nitrogens with one attached hydrogen (secondary N) is 2. The van der Waals surface area contributed by atoms with Gasteiger partial charge >= 0.3 is 0 Å². The van der Waals surface area contributed by atoms with Crippen LogP contribution in [0.2, 0.25) is 5.02 Å². The van der Waals surface area contributed by atoms with Crippen LogP contribution in [0, 0.1) is 0 Å². The van der Waals surface area contributed by atoms with Crippen LogP contribution in [-0.2, 0) is 0 Å².